The van der Waals surface area contributed by atoms with Gasteiger partial charge in [0.2, 0.25) is 0 Å². The highest BCUT2D eigenvalue weighted by atomic mass is 16.4. The Morgan fingerprint density at radius 3 is 2.61 bits per heavy atom. The highest BCUT2D eigenvalue weighted by Gasteiger charge is 2.10. The van der Waals surface area contributed by atoms with Crippen LogP contribution in [0.15, 0.2) is 11.8 Å². The third-order valence-electron chi connectivity index (χ3n) is 2.17. The zero-order chi connectivity index (χ0) is 14.0. The average Bonchev–Trinajstić information content (AvgIpc) is 2.34. The fourth-order valence-corrected chi connectivity index (χ4v) is 1.03. The molecule has 0 rings (SSSR count). The first-order chi connectivity index (χ1) is 8.54. The van der Waals surface area contributed by atoms with E-state index in [1.165, 1.54) is 6.20 Å². The van der Waals surface area contributed by atoms with Crippen molar-refractivity contribution in [2.24, 2.45) is 0 Å². The van der Waals surface area contributed by atoms with E-state index in [2.05, 4.69) is 10.6 Å². The third kappa shape index (κ3) is 6.50. The molecule has 0 heterocycles. The molecule has 0 spiro atoms. The Bertz CT molecular complexity index is 356. The second kappa shape index (κ2) is 9.01. The van der Waals surface area contributed by atoms with Crippen LogP contribution in [0, 0.1) is 11.3 Å². The molecule has 0 saturated heterocycles. The average molecular weight is 255 g/mol. The summed E-state index contributed by atoms with van der Waals surface area (Å²) in [7, 11) is 0. The van der Waals surface area contributed by atoms with E-state index in [4.69, 9.17) is 15.5 Å². The summed E-state index contributed by atoms with van der Waals surface area (Å²) in [4.78, 5) is 21.7. The highest BCUT2D eigenvalue weighted by Crippen LogP contribution is 1.94. The SMILES string of the molecule is CCC(CO)N/C=C(/C#N)C(=O)NCCC(=O)O. The normalized spacial score (nSPS) is 12.4. The van der Waals surface area contributed by atoms with E-state index >= 15 is 0 Å². The Labute approximate surface area is 105 Å². The number of hydrogen-bond donors (Lipinski definition) is 4. The summed E-state index contributed by atoms with van der Waals surface area (Å²) in [5.74, 6) is -1.67. The maximum absolute atomic E-state index is 11.4. The summed E-state index contributed by atoms with van der Waals surface area (Å²) in [6.45, 7) is 1.71. The molecule has 4 N–H and O–H groups in total. The smallest absolute Gasteiger partial charge is 0.305 e. The molecule has 0 radical (unpaired) electrons. The lowest BCUT2D eigenvalue weighted by Crippen LogP contribution is -2.31. The summed E-state index contributed by atoms with van der Waals surface area (Å²) in [5.41, 5.74) is -0.160. The van der Waals surface area contributed by atoms with Crippen molar-refractivity contribution in [2.75, 3.05) is 13.2 Å². The molecule has 1 amide bonds. The molecule has 0 aromatic heterocycles. The Kier molecular flexibility index (Phi) is 7.98. The maximum Gasteiger partial charge on any atom is 0.305 e. The zero-order valence-electron chi connectivity index (χ0n) is 10.1. The van der Waals surface area contributed by atoms with Gasteiger partial charge < -0.3 is 20.8 Å². The third-order valence-corrected chi connectivity index (χ3v) is 2.17. The Morgan fingerprint density at radius 1 is 1.50 bits per heavy atom. The second-order valence-electron chi connectivity index (χ2n) is 3.52. The molecular formula is C11H17N3O4. The van der Waals surface area contributed by atoms with E-state index in [0.29, 0.717) is 6.42 Å². The van der Waals surface area contributed by atoms with E-state index in [9.17, 15) is 9.59 Å². The molecule has 0 saturated carbocycles. The molecule has 0 aliphatic heterocycles. The van der Waals surface area contributed by atoms with Gasteiger partial charge in [-0.2, -0.15) is 5.26 Å². The first kappa shape index (κ1) is 15.9. The van der Waals surface area contributed by atoms with Gasteiger partial charge in [-0.15, -0.1) is 0 Å². The van der Waals surface area contributed by atoms with Gasteiger partial charge in [-0.05, 0) is 6.42 Å². The van der Waals surface area contributed by atoms with Gasteiger partial charge in [0, 0.05) is 18.8 Å². The van der Waals surface area contributed by atoms with E-state index in [-0.39, 0.29) is 31.2 Å². The quantitative estimate of drug-likeness (QED) is 0.337. The van der Waals surface area contributed by atoms with Crippen LogP contribution >= 0.6 is 0 Å². The van der Waals surface area contributed by atoms with Crippen molar-refractivity contribution in [1.29, 1.82) is 5.26 Å². The number of carboxylic acids is 1. The topological polar surface area (TPSA) is 122 Å². The van der Waals surface area contributed by atoms with Crippen molar-refractivity contribution < 1.29 is 19.8 Å². The van der Waals surface area contributed by atoms with Crippen LogP contribution in [-0.4, -0.2) is 41.3 Å². The largest absolute Gasteiger partial charge is 0.481 e. The number of carbonyl (C=O) groups excluding carboxylic acids is 1. The predicted molar refractivity (Wildman–Crippen MR) is 63.3 cm³/mol. The number of rotatable bonds is 8. The molecule has 0 fully saturated rings. The lowest BCUT2D eigenvalue weighted by atomic mass is 10.2. The first-order valence-corrected chi connectivity index (χ1v) is 5.52. The minimum absolute atomic E-state index is 0.0373. The molecule has 0 aromatic carbocycles. The summed E-state index contributed by atoms with van der Waals surface area (Å²) < 4.78 is 0. The Morgan fingerprint density at radius 2 is 2.17 bits per heavy atom. The van der Waals surface area contributed by atoms with E-state index < -0.39 is 11.9 Å². The van der Waals surface area contributed by atoms with Gasteiger partial charge in [-0.25, -0.2) is 0 Å². The number of nitrogens with zero attached hydrogens (tertiary/aromatic N) is 1. The molecule has 7 heteroatoms. The summed E-state index contributed by atoms with van der Waals surface area (Å²) in [5, 5.41) is 31.1. The number of nitriles is 1. The van der Waals surface area contributed by atoms with Crippen molar-refractivity contribution in [1.82, 2.24) is 10.6 Å². The fraction of sp³-hybridized carbons (Fsp3) is 0.545. The van der Waals surface area contributed by atoms with Crippen LogP contribution in [0.4, 0.5) is 0 Å². The van der Waals surface area contributed by atoms with Gasteiger partial charge in [0.1, 0.15) is 11.6 Å². The van der Waals surface area contributed by atoms with Gasteiger partial charge in [0.05, 0.1) is 13.0 Å². The number of nitrogens with one attached hydrogen (secondary N) is 2. The lowest BCUT2D eigenvalue weighted by molar-refractivity contribution is -0.136. The van der Waals surface area contributed by atoms with Crippen molar-refractivity contribution >= 4 is 11.9 Å². The number of aliphatic carboxylic acids is 1. The Hall–Kier alpha value is -2.07. The van der Waals surface area contributed by atoms with Gasteiger partial charge in [0.25, 0.3) is 5.91 Å². The van der Waals surface area contributed by atoms with Crippen molar-refractivity contribution in [3.05, 3.63) is 11.8 Å². The van der Waals surface area contributed by atoms with Crippen LogP contribution in [-0.2, 0) is 9.59 Å². The van der Waals surface area contributed by atoms with Crippen LogP contribution in [0.1, 0.15) is 19.8 Å². The highest BCUT2D eigenvalue weighted by molar-refractivity contribution is 5.97. The molecule has 18 heavy (non-hydrogen) atoms. The second-order valence-corrected chi connectivity index (χ2v) is 3.52. The van der Waals surface area contributed by atoms with Crippen LogP contribution < -0.4 is 10.6 Å². The maximum atomic E-state index is 11.4. The van der Waals surface area contributed by atoms with Crippen molar-refractivity contribution in [3.8, 4) is 6.07 Å². The van der Waals surface area contributed by atoms with E-state index in [1.54, 1.807) is 6.07 Å². The number of aliphatic hydroxyl groups excluding tert-OH is 1. The predicted octanol–water partition coefficient (Wildman–Crippen LogP) is -0.655. The van der Waals surface area contributed by atoms with Gasteiger partial charge in [0.15, 0.2) is 0 Å². The first-order valence-electron chi connectivity index (χ1n) is 5.52. The van der Waals surface area contributed by atoms with Gasteiger partial charge >= 0.3 is 5.97 Å². The van der Waals surface area contributed by atoms with Crippen molar-refractivity contribution in [3.63, 3.8) is 0 Å². The molecule has 0 aliphatic rings. The van der Waals surface area contributed by atoms with Crippen LogP contribution in [0.25, 0.3) is 0 Å². The minimum Gasteiger partial charge on any atom is -0.481 e. The molecule has 1 unspecified atom stereocenters. The summed E-state index contributed by atoms with van der Waals surface area (Å²) >= 11 is 0. The number of hydrogen-bond acceptors (Lipinski definition) is 5. The number of amides is 1. The lowest BCUT2D eigenvalue weighted by Gasteiger charge is -2.11. The molecule has 0 bridgehead atoms. The summed E-state index contributed by atoms with van der Waals surface area (Å²) in [6.07, 6.45) is 1.67. The van der Waals surface area contributed by atoms with E-state index in [1.807, 2.05) is 6.92 Å². The van der Waals surface area contributed by atoms with Gasteiger partial charge in [-0.1, -0.05) is 6.92 Å². The monoisotopic (exact) mass is 255 g/mol. The van der Waals surface area contributed by atoms with Crippen LogP contribution in [0.3, 0.4) is 0 Å². The van der Waals surface area contributed by atoms with Gasteiger partial charge in [-0.3, -0.25) is 9.59 Å². The Balaban J connectivity index is 4.31. The fourth-order valence-electron chi connectivity index (χ4n) is 1.03. The summed E-state index contributed by atoms with van der Waals surface area (Å²) in [6, 6.07) is 1.48. The number of carbonyl (C=O) groups is 2. The number of carboxylic acid groups (broad SMARTS) is 1. The standard InChI is InChI=1S/C11H17N3O4/c1-2-9(7-15)14-6-8(5-12)11(18)13-4-3-10(16)17/h6,9,14-15H,2-4,7H2,1H3,(H,13,18)(H,16,17)/b8-6-. The molecule has 100 valence electrons. The molecule has 0 aliphatic carbocycles. The number of aliphatic hydroxyl groups is 1. The zero-order valence-corrected chi connectivity index (χ0v) is 10.1. The molecular weight excluding hydrogens is 238 g/mol. The molecule has 0 aromatic rings. The molecule has 7 nitrogen and oxygen atoms in total. The van der Waals surface area contributed by atoms with Crippen molar-refractivity contribution in [2.45, 2.75) is 25.8 Å². The minimum atomic E-state index is -1.03. The van der Waals surface area contributed by atoms with E-state index in [0.717, 1.165) is 0 Å². The van der Waals surface area contributed by atoms with Crippen LogP contribution in [0.2, 0.25) is 0 Å². The molecule has 1 atom stereocenters. The van der Waals surface area contributed by atoms with Crippen LogP contribution in [0.5, 0.6) is 0 Å².